The molecule has 71 heavy (non-hydrogen) atoms. The fraction of sp³-hybridized carbons (Fsp3) is 0.175. The van der Waals surface area contributed by atoms with E-state index in [1.165, 1.54) is 0 Å². The largest absolute Gasteiger partial charge is 0.497 e. The summed E-state index contributed by atoms with van der Waals surface area (Å²) in [5.74, 6) is 4.50. The minimum absolute atomic E-state index is 0.109. The second-order valence-corrected chi connectivity index (χ2v) is 18.3. The van der Waals surface area contributed by atoms with Gasteiger partial charge in [-0.1, -0.05) is 86.6 Å². The monoisotopic (exact) mass is 940 g/mol. The molecule has 0 bridgehead atoms. The maximum absolute atomic E-state index is 10.3. The van der Waals surface area contributed by atoms with E-state index in [0.29, 0.717) is 11.5 Å². The summed E-state index contributed by atoms with van der Waals surface area (Å²) in [4.78, 5) is 0. The first-order valence-electron chi connectivity index (χ1n) is 23.8. The summed E-state index contributed by atoms with van der Waals surface area (Å²) in [7, 11) is 6.72. The molecule has 0 aliphatic rings. The van der Waals surface area contributed by atoms with E-state index < -0.39 is 5.41 Å². The number of methoxy groups -OCH3 is 4. The van der Waals surface area contributed by atoms with Crippen molar-refractivity contribution in [2.24, 2.45) is 0 Å². The van der Waals surface area contributed by atoms with Crippen molar-refractivity contribution in [3.63, 3.8) is 0 Å². The lowest BCUT2D eigenvalue weighted by Crippen LogP contribution is -2.20. The van der Waals surface area contributed by atoms with Crippen molar-refractivity contribution in [1.29, 1.82) is 0 Å². The van der Waals surface area contributed by atoms with Crippen LogP contribution in [-0.2, 0) is 5.41 Å². The van der Waals surface area contributed by atoms with Crippen molar-refractivity contribution in [2.75, 3.05) is 54.9 Å². The molecule has 0 fully saturated rings. The molecule has 0 saturated carbocycles. The molecule has 0 amide bonds. The van der Waals surface area contributed by atoms with Crippen LogP contribution in [0.3, 0.4) is 0 Å². The number of ether oxygens (including phenoxy) is 6. The molecule has 0 spiro atoms. The first-order chi connectivity index (χ1) is 34.6. The predicted octanol–water partition coefficient (Wildman–Crippen LogP) is 14.1. The van der Waals surface area contributed by atoms with Gasteiger partial charge in [0.25, 0.3) is 0 Å². The van der Waals surface area contributed by atoms with Crippen LogP contribution in [0.2, 0.25) is 0 Å². The Kier molecular flexibility index (Phi) is 13.0. The minimum Gasteiger partial charge on any atom is -0.497 e. The average molecular weight is 941 g/mol. The Balaban J connectivity index is 1.24. The molecule has 0 aromatic heterocycles. The highest BCUT2D eigenvalue weighted by molar-refractivity contribution is 5.96. The molecule has 10 aromatic carbocycles. The second-order valence-electron chi connectivity index (χ2n) is 18.3. The van der Waals surface area contributed by atoms with Crippen LogP contribution in [0.15, 0.2) is 170 Å². The Morgan fingerprint density at radius 1 is 0.324 bits per heavy atom. The van der Waals surface area contributed by atoms with Gasteiger partial charge < -0.3 is 38.6 Å². The van der Waals surface area contributed by atoms with E-state index in [9.17, 15) is 10.2 Å². The number of fused-ring (bicyclic) bond motifs is 4. The number of aliphatic hydroxyl groups is 2. The van der Waals surface area contributed by atoms with Crippen molar-refractivity contribution in [3.8, 4) is 79.0 Å². The van der Waals surface area contributed by atoms with Crippen LogP contribution in [-0.4, -0.2) is 65.1 Å². The number of hydrogen-bond acceptors (Lipinski definition) is 8. The van der Waals surface area contributed by atoms with Gasteiger partial charge in [0.15, 0.2) is 0 Å². The van der Waals surface area contributed by atoms with E-state index >= 15 is 0 Å². The van der Waals surface area contributed by atoms with Crippen molar-refractivity contribution in [3.05, 3.63) is 181 Å². The van der Waals surface area contributed by atoms with Crippen LogP contribution in [0.1, 0.15) is 25.0 Å². The van der Waals surface area contributed by atoms with Crippen LogP contribution in [0.25, 0.3) is 87.6 Å². The summed E-state index contributed by atoms with van der Waals surface area (Å²) < 4.78 is 35.6. The summed E-state index contributed by atoms with van der Waals surface area (Å²) in [6.07, 6.45) is 0. The topological polar surface area (TPSA) is 95.8 Å². The quantitative estimate of drug-likeness (QED) is 0.0989. The van der Waals surface area contributed by atoms with Gasteiger partial charge in [-0.2, -0.15) is 0 Å². The highest BCUT2D eigenvalue weighted by Gasteiger charge is 2.30. The van der Waals surface area contributed by atoms with Crippen molar-refractivity contribution < 1.29 is 38.6 Å². The summed E-state index contributed by atoms with van der Waals surface area (Å²) in [5, 5.41) is 28.9. The van der Waals surface area contributed by atoms with Gasteiger partial charge in [-0.3, -0.25) is 0 Å². The van der Waals surface area contributed by atoms with Crippen LogP contribution >= 0.6 is 0 Å². The predicted molar refractivity (Wildman–Crippen MR) is 288 cm³/mol. The van der Waals surface area contributed by atoms with Gasteiger partial charge in [-0.05, 0) is 174 Å². The third kappa shape index (κ3) is 9.16. The lowest BCUT2D eigenvalue weighted by molar-refractivity contribution is 0.202. The Morgan fingerprint density at radius 3 is 0.803 bits per heavy atom. The zero-order chi connectivity index (χ0) is 49.2. The second kappa shape index (κ2) is 19.8. The maximum Gasteiger partial charge on any atom is 0.135 e. The minimum atomic E-state index is -0.652. The number of hydrogen-bond donors (Lipinski definition) is 2. The van der Waals surface area contributed by atoms with Crippen molar-refractivity contribution in [1.82, 2.24) is 0 Å². The average Bonchev–Trinajstić information content (AvgIpc) is 3.42. The Morgan fingerprint density at radius 2 is 0.563 bits per heavy atom. The van der Waals surface area contributed by atoms with Crippen molar-refractivity contribution >= 4 is 43.1 Å². The van der Waals surface area contributed by atoms with Gasteiger partial charge in [0.1, 0.15) is 47.7 Å². The van der Waals surface area contributed by atoms with Gasteiger partial charge in [-0.25, -0.2) is 0 Å². The van der Waals surface area contributed by atoms with Crippen LogP contribution in [0, 0.1) is 0 Å². The fourth-order valence-electron chi connectivity index (χ4n) is 9.68. The number of rotatable bonds is 16. The summed E-state index contributed by atoms with van der Waals surface area (Å²) in [5.41, 5.74) is 8.88. The van der Waals surface area contributed by atoms with Gasteiger partial charge in [0.05, 0.1) is 41.7 Å². The van der Waals surface area contributed by atoms with E-state index in [4.69, 9.17) is 28.4 Å². The number of aliphatic hydroxyl groups excluding tert-OH is 2. The zero-order valence-corrected chi connectivity index (χ0v) is 40.8. The number of benzene rings is 10. The van der Waals surface area contributed by atoms with E-state index in [2.05, 4.69) is 135 Å². The van der Waals surface area contributed by atoms with E-state index in [1.54, 1.807) is 28.4 Å². The third-order valence-corrected chi connectivity index (χ3v) is 13.7. The van der Waals surface area contributed by atoms with E-state index in [1.807, 2.05) is 48.5 Å². The first kappa shape index (κ1) is 46.7. The molecule has 0 aliphatic heterocycles. The molecule has 0 heterocycles. The molecule has 0 saturated heterocycles. The summed E-state index contributed by atoms with van der Waals surface area (Å²) in [6, 6.07) is 59.1. The molecule has 8 nitrogen and oxygen atoms in total. The Bertz CT molecular complexity index is 3160. The van der Waals surface area contributed by atoms with Crippen LogP contribution < -0.4 is 28.4 Å². The molecule has 356 valence electrons. The highest BCUT2D eigenvalue weighted by Crippen LogP contribution is 2.49. The molecule has 2 N–H and O–H groups in total. The van der Waals surface area contributed by atoms with Crippen LogP contribution in [0.5, 0.6) is 34.5 Å². The zero-order valence-electron chi connectivity index (χ0n) is 40.8. The molecule has 0 unspecified atom stereocenters. The molecule has 0 aliphatic carbocycles. The normalized spacial score (nSPS) is 11.6. The van der Waals surface area contributed by atoms with Gasteiger partial charge in [0.2, 0.25) is 0 Å². The lowest BCUT2D eigenvalue weighted by Gasteiger charge is -2.31. The molecule has 10 rings (SSSR count). The van der Waals surface area contributed by atoms with Crippen LogP contribution in [0.4, 0.5) is 0 Å². The lowest BCUT2D eigenvalue weighted by atomic mass is 9.74. The molecule has 0 atom stereocenters. The molecule has 8 heteroatoms. The van der Waals surface area contributed by atoms with Crippen molar-refractivity contribution in [2.45, 2.75) is 19.3 Å². The fourth-order valence-corrected chi connectivity index (χ4v) is 9.68. The summed E-state index contributed by atoms with van der Waals surface area (Å²) in [6.45, 7) is 4.44. The van der Waals surface area contributed by atoms with Gasteiger partial charge in [0, 0.05) is 27.7 Å². The maximum atomic E-state index is 10.3. The Hall–Kier alpha value is -8.04. The standard InChI is InChI=1S/C63H56O8/c1-63(2,51-35-57(47-11-7-43-31-53(66-3)19-15-39(43)27-47)61(70-25-23-64)58(36-51)48-12-8-44-32-54(67-4)20-16-40(44)28-48)52-37-59(49-13-9-45-33-55(68-5)21-17-41(45)29-49)62(71-26-24-65)60(38-52)50-14-10-46-34-56(69-6)22-18-42(46)30-50/h7-22,27-38,64-65H,23-26H2,1-6H3. The first-order valence-corrected chi connectivity index (χ1v) is 23.8. The summed E-state index contributed by atoms with van der Waals surface area (Å²) >= 11 is 0. The SMILES string of the molecule is COc1ccc2cc(-c3cc(C(C)(C)c4cc(-c5ccc6cc(OC)ccc6c5)c(OCCO)c(-c5ccc6cc(OC)ccc6c5)c4)cc(-c4ccc5cc(OC)ccc5c4)c3OCCO)ccc2c1. The molecule has 10 aromatic rings. The highest BCUT2D eigenvalue weighted by atomic mass is 16.5. The Labute approximate surface area is 414 Å². The molecular formula is C63H56O8. The van der Waals surface area contributed by atoms with E-state index in [-0.39, 0.29) is 26.4 Å². The smallest absolute Gasteiger partial charge is 0.135 e. The van der Waals surface area contributed by atoms with E-state index in [0.717, 1.165) is 122 Å². The van der Waals surface area contributed by atoms with Gasteiger partial charge >= 0.3 is 0 Å². The molecule has 0 radical (unpaired) electrons. The molecular weight excluding hydrogens is 885 g/mol. The third-order valence-electron chi connectivity index (χ3n) is 13.7. The van der Waals surface area contributed by atoms with Gasteiger partial charge in [-0.15, -0.1) is 0 Å².